The van der Waals surface area contributed by atoms with Gasteiger partial charge in [-0.1, -0.05) is 5.16 Å². The summed E-state index contributed by atoms with van der Waals surface area (Å²) in [5, 5.41) is 8.34. The fourth-order valence-electron chi connectivity index (χ4n) is 3.33. The molecular weight excluding hydrogens is 306 g/mol. The highest BCUT2D eigenvalue weighted by atomic mass is 16.5. The van der Waals surface area contributed by atoms with Gasteiger partial charge in [-0.25, -0.2) is 0 Å². The molecule has 1 atom stereocenters. The van der Waals surface area contributed by atoms with Crippen molar-refractivity contribution in [2.75, 3.05) is 13.1 Å². The molecule has 0 spiro atoms. The number of carbonyl (C=O) groups excluding carboxylic acids is 1. The van der Waals surface area contributed by atoms with E-state index in [-0.39, 0.29) is 5.91 Å². The van der Waals surface area contributed by atoms with Gasteiger partial charge in [-0.3, -0.25) is 9.48 Å². The van der Waals surface area contributed by atoms with E-state index in [1.165, 1.54) is 0 Å². The van der Waals surface area contributed by atoms with Gasteiger partial charge in [0.25, 0.3) is 0 Å². The third-order valence-electron chi connectivity index (χ3n) is 4.63. The molecule has 0 radical (unpaired) electrons. The van der Waals surface area contributed by atoms with Crippen LogP contribution in [0.25, 0.3) is 0 Å². The van der Waals surface area contributed by atoms with E-state index in [2.05, 4.69) is 15.2 Å². The van der Waals surface area contributed by atoms with E-state index in [0.29, 0.717) is 24.8 Å². The van der Waals surface area contributed by atoms with Gasteiger partial charge in [0, 0.05) is 45.1 Å². The lowest BCUT2D eigenvalue weighted by molar-refractivity contribution is -0.130. The number of amides is 1. The number of hydrogen-bond acceptors (Lipinski definition) is 5. The lowest BCUT2D eigenvalue weighted by Crippen LogP contribution is -2.29. The number of rotatable bonds is 6. The van der Waals surface area contributed by atoms with Crippen molar-refractivity contribution < 1.29 is 9.32 Å². The van der Waals surface area contributed by atoms with Crippen molar-refractivity contribution in [3.63, 3.8) is 0 Å². The highest BCUT2D eigenvalue weighted by Crippen LogP contribution is 2.22. The fraction of sp³-hybridized carbons (Fsp3) is 0.647. The van der Waals surface area contributed by atoms with E-state index in [0.717, 1.165) is 49.6 Å². The Kier molecular flexibility index (Phi) is 4.97. The zero-order valence-corrected chi connectivity index (χ0v) is 14.7. The van der Waals surface area contributed by atoms with Crippen LogP contribution < -0.4 is 0 Å². The first-order valence-electron chi connectivity index (χ1n) is 8.59. The maximum absolute atomic E-state index is 12.4. The topological polar surface area (TPSA) is 77.0 Å². The van der Waals surface area contributed by atoms with E-state index in [9.17, 15) is 4.79 Å². The number of likely N-dealkylation sites (tertiary alicyclic amines) is 1. The van der Waals surface area contributed by atoms with Gasteiger partial charge in [0.05, 0.1) is 5.69 Å². The molecule has 7 nitrogen and oxygen atoms in total. The maximum atomic E-state index is 12.4. The number of nitrogens with zero attached hydrogens (tertiary/aromatic N) is 5. The van der Waals surface area contributed by atoms with Crippen LogP contribution in [0.4, 0.5) is 0 Å². The summed E-state index contributed by atoms with van der Waals surface area (Å²) >= 11 is 0. The second-order valence-corrected chi connectivity index (χ2v) is 6.66. The third kappa shape index (κ3) is 4.01. The zero-order chi connectivity index (χ0) is 17.1. The second kappa shape index (κ2) is 7.15. The fourth-order valence-corrected chi connectivity index (χ4v) is 3.33. The standard InChI is InChI=1S/C17H25N5O2/c1-12-10-13(2)22(19-12)9-7-17(23)21-8-6-15(11-21)4-5-16-18-14(3)24-20-16/h10,15H,4-9,11H2,1-3H3/t15-/m0/s1. The summed E-state index contributed by atoms with van der Waals surface area (Å²) < 4.78 is 6.91. The minimum atomic E-state index is 0.223. The zero-order valence-electron chi connectivity index (χ0n) is 14.7. The summed E-state index contributed by atoms with van der Waals surface area (Å²) in [7, 11) is 0. The van der Waals surface area contributed by atoms with Crippen molar-refractivity contribution in [1.29, 1.82) is 0 Å². The molecule has 0 bridgehead atoms. The molecule has 7 heteroatoms. The molecule has 1 saturated heterocycles. The lowest BCUT2D eigenvalue weighted by atomic mass is 10.0. The summed E-state index contributed by atoms with van der Waals surface area (Å²) in [5.74, 6) is 2.13. The highest BCUT2D eigenvalue weighted by Gasteiger charge is 2.26. The Morgan fingerprint density at radius 3 is 2.88 bits per heavy atom. The number of carbonyl (C=O) groups is 1. The summed E-state index contributed by atoms with van der Waals surface area (Å²) in [6.07, 6.45) is 3.39. The third-order valence-corrected chi connectivity index (χ3v) is 4.63. The van der Waals surface area contributed by atoms with Crippen LogP contribution in [0.2, 0.25) is 0 Å². The highest BCUT2D eigenvalue weighted by molar-refractivity contribution is 5.76. The van der Waals surface area contributed by atoms with Crippen molar-refractivity contribution >= 4 is 5.91 Å². The molecule has 130 valence electrons. The van der Waals surface area contributed by atoms with Crippen LogP contribution >= 0.6 is 0 Å². The molecule has 2 aromatic heterocycles. The SMILES string of the molecule is Cc1cc(C)n(CCC(=O)N2CC[C@H](CCc3noc(C)n3)C2)n1. The molecule has 1 aliphatic rings. The van der Waals surface area contributed by atoms with E-state index in [4.69, 9.17) is 4.52 Å². The predicted molar refractivity (Wildman–Crippen MR) is 88.4 cm³/mol. The quantitative estimate of drug-likeness (QED) is 0.810. The van der Waals surface area contributed by atoms with Gasteiger partial charge >= 0.3 is 0 Å². The van der Waals surface area contributed by atoms with Gasteiger partial charge in [0.2, 0.25) is 11.8 Å². The Balaban J connectivity index is 1.43. The molecule has 1 fully saturated rings. The second-order valence-electron chi connectivity index (χ2n) is 6.66. The van der Waals surface area contributed by atoms with Gasteiger partial charge in [-0.2, -0.15) is 10.1 Å². The first-order valence-corrected chi connectivity index (χ1v) is 8.59. The van der Waals surface area contributed by atoms with Gasteiger partial charge in [0.1, 0.15) is 0 Å². The lowest BCUT2D eigenvalue weighted by Gasteiger charge is -2.16. The molecule has 1 amide bonds. The van der Waals surface area contributed by atoms with Crippen molar-refractivity contribution in [2.45, 2.75) is 53.0 Å². The molecule has 3 heterocycles. The number of aryl methyl sites for hydroxylation is 5. The van der Waals surface area contributed by atoms with Gasteiger partial charge in [0.15, 0.2) is 5.82 Å². The molecule has 0 aliphatic carbocycles. The monoisotopic (exact) mass is 331 g/mol. The van der Waals surface area contributed by atoms with Crippen LogP contribution in [-0.4, -0.2) is 43.8 Å². The van der Waals surface area contributed by atoms with Crippen molar-refractivity contribution in [2.24, 2.45) is 5.92 Å². The minimum absolute atomic E-state index is 0.223. The van der Waals surface area contributed by atoms with Gasteiger partial charge in [-0.05, 0) is 38.7 Å². The Morgan fingerprint density at radius 2 is 2.21 bits per heavy atom. The molecule has 1 aliphatic heterocycles. The van der Waals surface area contributed by atoms with Crippen LogP contribution in [0.1, 0.15) is 42.4 Å². The smallest absolute Gasteiger partial charge is 0.224 e. The van der Waals surface area contributed by atoms with Crippen LogP contribution in [0.5, 0.6) is 0 Å². The summed E-state index contributed by atoms with van der Waals surface area (Å²) in [6.45, 7) is 8.15. The van der Waals surface area contributed by atoms with Crippen molar-refractivity contribution in [3.05, 3.63) is 29.2 Å². The molecular formula is C17H25N5O2. The first kappa shape index (κ1) is 16.7. The molecule has 2 aromatic rings. The Hall–Kier alpha value is -2.18. The predicted octanol–water partition coefficient (Wildman–Crippen LogP) is 2.06. The molecule has 3 rings (SSSR count). The van der Waals surface area contributed by atoms with E-state index in [1.807, 2.05) is 29.5 Å². The van der Waals surface area contributed by atoms with E-state index < -0.39 is 0 Å². The molecule has 0 aromatic carbocycles. The average Bonchev–Trinajstić information content (AvgIpc) is 3.24. The summed E-state index contributed by atoms with van der Waals surface area (Å²) in [4.78, 5) is 18.6. The normalized spacial score (nSPS) is 17.6. The maximum Gasteiger partial charge on any atom is 0.224 e. The molecule has 24 heavy (non-hydrogen) atoms. The van der Waals surface area contributed by atoms with Crippen molar-refractivity contribution in [3.8, 4) is 0 Å². The summed E-state index contributed by atoms with van der Waals surface area (Å²) in [5.41, 5.74) is 2.10. The molecule has 0 unspecified atom stereocenters. The average molecular weight is 331 g/mol. The van der Waals surface area contributed by atoms with Gasteiger partial charge in [-0.15, -0.1) is 0 Å². The number of hydrogen-bond donors (Lipinski definition) is 0. The number of aromatic nitrogens is 4. The van der Waals surface area contributed by atoms with Crippen molar-refractivity contribution in [1.82, 2.24) is 24.8 Å². The van der Waals surface area contributed by atoms with Crippen LogP contribution in [0, 0.1) is 26.7 Å². The van der Waals surface area contributed by atoms with Crippen LogP contribution in [0.3, 0.4) is 0 Å². The van der Waals surface area contributed by atoms with Crippen LogP contribution in [-0.2, 0) is 17.8 Å². The molecule has 0 N–H and O–H groups in total. The van der Waals surface area contributed by atoms with E-state index in [1.54, 1.807) is 6.92 Å². The van der Waals surface area contributed by atoms with E-state index >= 15 is 0 Å². The Bertz CT molecular complexity index is 706. The summed E-state index contributed by atoms with van der Waals surface area (Å²) in [6, 6.07) is 2.04. The van der Waals surface area contributed by atoms with Gasteiger partial charge < -0.3 is 9.42 Å². The minimum Gasteiger partial charge on any atom is -0.342 e. The molecule has 0 saturated carbocycles. The Labute approximate surface area is 142 Å². The Morgan fingerprint density at radius 1 is 1.38 bits per heavy atom. The largest absolute Gasteiger partial charge is 0.342 e. The first-order chi connectivity index (χ1) is 11.5. The van der Waals surface area contributed by atoms with Crippen LogP contribution in [0.15, 0.2) is 10.6 Å².